The third-order valence-electron chi connectivity index (χ3n) is 4.54. The van der Waals surface area contributed by atoms with Gasteiger partial charge in [-0.25, -0.2) is 9.97 Å². The molecule has 1 aliphatic rings. The Balaban J connectivity index is 1.82. The van der Waals surface area contributed by atoms with Crippen LogP contribution in [0, 0.1) is 5.92 Å². The second-order valence-corrected chi connectivity index (χ2v) is 7.01. The fraction of sp³-hybridized carbons (Fsp3) is 0.389. The molecular formula is C18H19Cl2N3O. The molecule has 1 aromatic carbocycles. The van der Waals surface area contributed by atoms with Gasteiger partial charge in [0.05, 0.1) is 16.0 Å². The second-order valence-electron chi connectivity index (χ2n) is 6.20. The molecule has 1 heterocycles. The highest BCUT2D eigenvalue weighted by atomic mass is 35.5. The lowest BCUT2D eigenvalue weighted by Crippen LogP contribution is -2.23. The normalized spacial score (nSPS) is 16.1. The third-order valence-corrected chi connectivity index (χ3v) is 5.28. The van der Waals surface area contributed by atoms with Gasteiger partial charge in [0, 0.05) is 6.20 Å². The van der Waals surface area contributed by atoms with Crippen LogP contribution in [0.1, 0.15) is 43.6 Å². The first-order chi connectivity index (χ1) is 11.6. The number of hydrogen-bond donors (Lipinski definition) is 1. The number of carbonyl (C=O) groups excluding carboxylic acids is 1. The number of hydrogen-bond acceptors (Lipinski definition) is 3. The number of carbonyl (C=O) groups is 1. The van der Waals surface area contributed by atoms with Crippen LogP contribution < -0.4 is 5.32 Å². The Morgan fingerprint density at radius 1 is 1.21 bits per heavy atom. The molecule has 24 heavy (non-hydrogen) atoms. The minimum atomic E-state index is -0.266. The summed E-state index contributed by atoms with van der Waals surface area (Å²) in [5.74, 6) is 0.740. The van der Waals surface area contributed by atoms with E-state index in [1.54, 1.807) is 24.4 Å². The van der Waals surface area contributed by atoms with Gasteiger partial charge in [0.1, 0.15) is 12.1 Å². The van der Waals surface area contributed by atoms with E-state index < -0.39 is 0 Å². The molecule has 0 bridgehead atoms. The fourth-order valence-electron chi connectivity index (χ4n) is 3.28. The van der Waals surface area contributed by atoms with Gasteiger partial charge in [-0.2, -0.15) is 0 Å². The molecule has 1 amide bonds. The van der Waals surface area contributed by atoms with Crippen molar-refractivity contribution in [1.82, 2.24) is 9.97 Å². The number of nitrogens with one attached hydrogen (secondary N) is 1. The lowest BCUT2D eigenvalue weighted by atomic mass is 9.87. The number of nitrogens with zero attached hydrogens (tertiary/aromatic N) is 2. The second kappa shape index (κ2) is 7.95. The zero-order valence-corrected chi connectivity index (χ0v) is 14.7. The first-order valence-corrected chi connectivity index (χ1v) is 8.91. The summed E-state index contributed by atoms with van der Waals surface area (Å²) < 4.78 is 0. The Morgan fingerprint density at radius 2 is 2.00 bits per heavy atom. The van der Waals surface area contributed by atoms with E-state index in [4.69, 9.17) is 23.2 Å². The maximum absolute atomic E-state index is 12.8. The van der Waals surface area contributed by atoms with Crippen LogP contribution in [0.2, 0.25) is 10.0 Å². The van der Waals surface area contributed by atoms with Gasteiger partial charge in [0.2, 0.25) is 5.91 Å². The number of benzene rings is 1. The van der Waals surface area contributed by atoms with Crippen molar-refractivity contribution in [1.29, 1.82) is 0 Å². The standard InChI is InChI=1S/C18H19Cl2N3O/c19-15-6-5-13(10-16(15)20)14(9-12-3-1-2-4-12)18(24)23-17-7-8-21-11-22-17/h5-8,10-12,14H,1-4,9H2,(H,21,22,23,24)/t14-/m0/s1. The monoisotopic (exact) mass is 363 g/mol. The van der Waals surface area contributed by atoms with Crippen LogP contribution in [0.15, 0.2) is 36.8 Å². The summed E-state index contributed by atoms with van der Waals surface area (Å²) in [6.07, 6.45) is 8.68. The molecule has 1 aliphatic carbocycles. The molecule has 1 atom stereocenters. The van der Waals surface area contributed by atoms with Crippen LogP contribution in [0.5, 0.6) is 0 Å². The Kier molecular flexibility index (Phi) is 5.69. The molecule has 3 rings (SSSR count). The van der Waals surface area contributed by atoms with E-state index in [1.807, 2.05) is 6.07 Å². The number of amides is 1. The van der Waals surface area contributed by atoms with Crippen molar-refractivity contribution in [2.75, 3.05) is 5.32 Å². The van der Waals surface area contributed by atoms with Crippen molar-refractivity contribution in [2.24, 2.45) is 5.92 Å². The molecule has 126 valence electrons. The molecule has 0 radical (unpaired) electrons. The van der Waals surface area contributed by atoms with Gasteiger partial charge in [-0.05, 0) is 36.1 Å². The number of rotatable bonds is 5. The van der Waals surface area contributed by atoms with Gasteiger partial charge in [-0.3, -0.25) is 4.79 Å². The summed E-state index contributed by atoms with van der Waals surface area (Å²) in [6.45, 7) is 0. The van der Waals surface area contributed by atoms with E-state index in [-0.39, 0.29) is 11.8 Å². The fourth-order valence-corrected chi connectivity index (χ4v) is 3.59. The molecule has 1 fully saturated rings. The maximum Gasteiger partial charge on any atom is 0.233 e. The first kappa shape index (κ1) is 17.2. The lowest BCUT2D eigenvalue weighted by Gasteiger charge is -2.21. The number of halogens is 2. The molecule has 1 N–H and O–H groups in total. The molecule has 4 nitrogen and oxygen atoms in total. The summed E-state index contributed by atoms with van der Waals surface area (Å²) in [5.41, 5.74) is 0.892. The van der Waals surface area contributed by atoms with E-state index >= 15 is 0 Å². The molecule has 1 saturated carbocycles. The summed E-state index contributed by atoms with van der Waals surface area (Å²) in [7, 11) is 0. The molecule has 0 saturated heterocycles. The third kappa shape index (κ3) is 4.25. The van der Waals surface area contributed by atoms with Crippen molar-refractivity contribution in [3.05, 3.63) is 52.4 Å². The summed E-state index contributed by atoms with van der Waals surface area (Å²) in [6, 6.07) is 7.11. The highest BCUT2D eigenvalue weighted by molar-refractivity contribution is 6.42. The smallest absolute Gasteiger partial charge is 0.233 e. The zero-order valence-electron chi connectivity index (χ0n) is 13.2. The molecule has 1 aromatic heterocycles. The summed E-state index contributed by atoms with van der Waals surface area (Å²) >= 11 is 12.2. The van der Waals surface area contributed by atoms with E-state index in [0.29, 0.717) is 21.8 Å². The largest absolute Gasteiger partial charge is 0.310 e. The molecule has 0 unspecified atom stereocenters. The Morgan fingerprint density at radius 3 is 2.67 bits per heavy atom. The highest BCUT2D eigenvalue weighted by Crippen LogP contribution is 2.36. The average Bonchev–Trinajstić information content (AvgIpc) is 3.09. The minimum Gasteiger partial charge on any atom is -0.310 e. The van der Waals surface area contributed by atoms with Crippen LogP contribution in [-0.4, -0.2) is 15.9 Å². The molecule has 2 aromatic rings. The average molecular weight is 364 g/mol. The SMILES string of the molecule is O=C(Nc1ccncn1)[C@@H](CC1CCCC1)c1ccc(Cl)c(Cl)c1. The van der Waals surface area contributed by atoms with Crippen molar-refractivity contribution in [3.8, 4) is 0 Å². The lowest BCUT2D eigenvalue weighted by molar-refractivity contribution is -0.118. The maximum atomic E-state index is 12.8. The number of anilines is 1. The topological polar surface area (TPSA) is 54.9 Å². The van der Waals surface area contributed by atoms with Crippen molar-refractivity contribution >= 4 is 34.9 Å². The van der Waals surface area contributed by atoms with Crippen molar-refractivity contribution < 1.29 is 4.79 Å². The highest BCUT2D eigenvalue weighted by Gasteiger charge is 2.27. The molecular weight excluding hydrogens is 345 g/mol. The van der Waals surface area contributed by atoms with Gasteiger partial charge in [0.15, 0.2) is 0 Å². The van der Waals surface area contributed by atoms with Crippen LogP contribution in [0.25, 0.3) is 0 Å². The van der Waals surface area contributed by atoms with Gasteiger partial charge >= 0.3 is 0 Å². The van der Waals surface area contributed by atoms with Crippen LogP contribution in [0.3, 0.4) is 0 Å². The van der Waals surface area contributed by atoms with E-state index in [9.17, 15) is 4.79 Å². The summed E-state index contributed by atoms with van der Waals surface area (Å²) in [4.78, 5) is 20.8. The Bertz CT molecular complexity index is 703. The van der Waals surface area contributed by atoms with E-state index in [1.165, 1.54) is 32.0 Å². The van der Waals surface area contributed by atoms with Gasteiger partial charge in [0.25, 0.3) is 0 Å². The van der Waals surface area contributed by atoms with Crippen LogP contribution in [-0.2, 0) is 4.79 Å². The number of aromatic nitrogens is 2. The Labute approximate surface area is 151 Å². The van der Waals surface area contributed by atoms with E-state index in [2.05, 4.69) is 15.3 Å². The predicted octanol–water partition coefficient (Wildman–Crippen LogP) is 5.09. The van der Waals surface area contributed by atoms with E-state index in [0.717, 1.165) is 12.0 Å². The first-order valence-electron chi connectivity index (χ1n) is 8.15. The molecule has 0 spiro atoms. The van der Waals surface area contributed by atoms with Crippen LogP contribution >= 0.6 is 23.2 Å². The molecule has 0 aliphatic heterocycles. The quantitative estimate of drug-likeness (QED) is 0.804. The Hall–Kier alpha value is -1.65. The summed E-state index contributed by atoms with van der Waals surface area (Å²) in [5, 5.41) is 3.85. The van der Waals surface area contributed by atoms with Crippen molar-refractivity contribution in [3.63, 3.8) is 0 Å². The molecule has 6 heteroatoms. The van der Waals surface area contributed by atoms with Crippen LogP contribution in [0.4, 0.5) is 5.82 Å². The van der Waals surface area contributed by atoms with Crippen molar-refractivity contribution in [2.45, 2.75) is 38.0 Å². The van der Waals surface area contributed by atoms with Gasteiger partial charge < -0.3 is 5.32 Å². The van der Waals surface area contributed by atoms with Gasteiger partial charge in [-0.1, -0.05) is 55.0 Å². The predicted molar refractivity (Wildman–Crippen MR) is 96.4 cm³/mol. The minimum absolute atomic E-state index is 0.0704. The van der Waals surface area contributed by atoms with Gasteiger partial charge in [-0.15, -0.1) is 0 Å². The zero-order chi connectivity index (χ0) is 16.9.